The van der Waals surface area contributed by atoms with E-state index in [-0.39, 0.29) is 5.82 Å². The maximum Gasteiger partial charge on any atom is 0.221 e. The second-order valence-corrected chi connectivity index (χ2v) is 4.03. The Kier molecular flexibility index (Phi) is 4.09. The molecule has 0 spiro atoms. The van der Waals surface area contributed by atoms with E-state index in [4.69, 9.17) is 16.0 Å². The topological polar surface area (TPSA) is 38.9 Å². The number of rotatable bonds is 5. The van der Waals surface area contributed by atoms with Crippen molar-refractivity contribution in [3.05, 3.63) is 47.4 Å². The van der Waals surface area contributed by atoms with Gasteiger partial charge in [-0.2, -0.15) is 0 Å². The molecule has 2 aromatic rings. The van der Waals surface area contributed by atoms with Crippen molar-refractivity contribution < 1.29 is 8.81 Å². The highest BCUT2D eigenvalue weighted by molar-refractivity contribution is 6.17. The Bertz CT molecular complexity index is 487. The van der Waals surface area contributed by atoms with E-state index in [1.807, 2.05) is 0 Å². The first kappa shape index (κ1) is 12.0. The predicted molar refractivity (Wildman–Crippen MR) is 62.5 cm³/mol. The zero-order valence-corrected chi connectivity index (χ0v) is 9.95. The van der Waals surface area contributed by atoms with E-state index in [0.717, 1.165) is 6.42 Å². The average molecular weight is 255 g/mol. The van der Waals surface area contributed by atoms with Crippen LogP contribution in [0.15, 0.2) is 28.7 Å². The number of alkyl halides is 1. The quantitative estimate of drug-likeness (QED) is 0.770. The van der Waals surface area contributed by atoms with Crippen LogP contribution in [0.3, 0.4) is 0 Å². The fourth-order valence-electron chi connectivity index (χ4n) is 1.48. The molecule has 0 aliphatic rings. The van der Waals surface area contributed by atoms with Crippen LogP contribution in [0.4, 0.5) is 4.39 Å². The molecular formula is C12H12ClFN2O. The lowest BCUT2D eigenvalue weighted by Gasteiger charge is -1.98. The molecule has 0 unspecified atom stereocenters. The molecule has 5 heteroatoms. The summed E-state index contributed by atoms with van der Waals surface area (Å²) in [6.07, 6.45) is 1.78. The molecule has 0 fully saturated rings. The standard InChI is InChI=1S/C12H12ClFN2O/c13-7-3-6-11-15-16-12(17-11)8-9-4-1-2-5-10(9)14/h1-2,4-5H,3,6-8H2. The number of aromatic nitrogens is 2. The van der Waals surface area contributed by atoms with E-state index in [1.165, 1.54) is 6.07 Å². The van der Waals surface area contributed by atoms with Gasteiger partial charge in [-0.25, -0.2) is 4.39 Å². The van der Waals surface area contributed by atoms with Crippen LogP contribution >= 0.6 is 11.6 Å². The molecule has 3 nitrogen and oxygen atoms in total. The van der Waals surface area contributed by atoms with Crippen molar-refractivity contribution in [1.29, 1.82) is 0 Å². The highest BCUT2D eigenvalue weighted by atomic mass is 35.5. The normalized spacial score (nSPS) is 10.7. The van der Waals surface area contributed by atoms with Crippen LogP contribution in [0.1, 0.15) is 23.8 Å². The Morgan fingerprint density at radius 3 is 2.71 bits per heavy atom. The molecule has 0 atom stereocenters. The Balaban J connectivity index is 2.04. The molecule has 0 aliphatic carbocycles. The van der Waals surface area contributed by atoms with Crippen molar-refractivity contribution in [3.63, 3.8) is 0 Å². The molecule has 0 amide bonds. The first-order valence-electron chi connectivity index (χ1n) is 5.40. The van der Waals surface area contributed by atoms with Gasteiger partial charge in [0.25, 0.3) is 0 Å². The van der Waals surface area contributed by atoms with E-state index >= 15 is 0 Å². The first-order valence-corrected chi connectivity index (χ1v) is 5.93. The molecule has 1 aromatic heterocycles. The third-order valence-corrected chi connectivity index (χ3v) is 2.60. The summed E-state index contributed by atoms with van der Waals surface area (Å²) in [5.74, 6) is 1.29. The second-order valence-electron chi connectivity index (χ2n) is 3.65. The Labute approximate surface area is 104 Å². The highest BCUT2D eigenvalue weighted by Gasteiger charge is 2.09. The van der Waals surface area contributed by atoms with Crippen LogP contribution in [-0.4, -0.2) is 16.1 Å². The minimum absolute atomic E-state index is 0.256. The highest BCUT2D eigenvalue weighted by Crippen LogP contribution is 2.12. The molecule has 1 aromatic carbocycles. The van der Waals surface area contributed by atoms with Crippen molar-refractivity contribution in [2.24, 2.45) is 0 Å². The summed E-state index contributed by atoms with van der Waals surface area (Å²) >= 11 is 5.57. The van der Waals surface area contributed by atoms with Gasteiger partial charge in [0.2, 0.25) is 11.8 Å². The van der Waals surface area contributed by atoms with Crippen molar-refractivity contribution in [2.45, 2.75) is 19.3 Å². The fraction of sp³-hybridized carbons (Fsp3) is 0.333. The molecule has 1 heterocycles. The third-order valence-electron chi connectivity index (χ3n) is 2.33. The molecular weight excluding hydrogens is 243 g/mol. The third kappa shape index (κ3) is 3.27. The lowest BCUT2D eigenvalue weighted by Crippen LogP contribution is -1.92. The lowest BCUT2D eigenvalue weighted by atomic mass is 10.1. The van der Waals surface area contributed by atoms with Gasteiger partial charge in [0.15, 0.2) is 0 Å². The summed E-state index contributed by atoms with van der Waals surface area (Å²) in [5, 5.41) is 7.76. The van der Waals surface area contributed by atoms with Crippen LogP contribution in [0.25, 0.3) is 0 Å². The number of aryl methyl sites for hydroxylation is 1. The van der Waals surface area contributed by atoms with Gasteiger partial charge in [0.05, 0.1) is 6.42 Å². The maximum absolute atomic E-state index is 13.4. The molecule has 0 aliphatic heterocycles. The Morgan fingerprint density at radius 2 is 1.94 bits per heavy atom. The number of halogens is 2. The van der Waals surface area contributed by atoms with E-state index < -0.39 is 0 Å². The summed E-state index contributed by atoms with van der Waals surface area (Å²) in [7, 11) is 0. The fourth-order valence-corrected chi connectivity index (χ4v) is 1.62. The Morgan fingerprint density at radius 1 is 1.18 bits per heavy atom. The van der Waals surface area contributed by atoms with Gasteiger partial charge in [0.1, 0.15) is 5.82 Å². The molecule has 0 saturated carbocycles. The lowest BCUT2D eigenvalue weighted by molar-refractivity contribution is 0.453. The van der Waals surface area contributed by atoms with Gasteiger partial charge in [-0.15, -0.1) is 21.8 Å². The van der Waals surface area contributed by atoms with E-state index in [9.17, 15) is 4.39 Å². The minimum Gasteiger partial charge on any atom is -0.425 e. The molecule has 0 saturated heterocycles. The number of hydrogen-bond donors (Lipinski definition) is 0. The summed E-state index contributed by atoms with van der Waals surface area (Å²) < 4.78 is 18.8. The zero-order valence-electron chi connectivity index (χ0n) is 9.20. The summed E-state index contributed by atoms with van der Waals surface area (Å²) in [4.78, 5) is 0. The molecule has 0 N–H and O–H groups in total. The Hall–Kier alpha value is -1.42. The van der Waals surface area contributed by atoms with Crippen molar-refractivity contribution in [2.75, 3.05) is 5.88 Å². The summed E-state index contributed by atoms with van der Waals surface area (Å²) in [6, 6.07) is 6.56. The average Bonchev–Trinajstić information content (AvgIpc) is 2.77. The number of hydrogen-bond acceptors (Lipinski definition) is 3. The largest absolute Gasteiger partial charge is 0.425 e. The van der Waals surface area contributed by atoms with Gasteiger partial charge in [-0.05, 0) is 18.1 Å². The van der Waals surface area contributed by atoms with E-state index in [1.54, 1.807) is 18.2 Å². The maximum atomic E-state index is 13.4. The van der Waals surface area contributed by atoms with Gasteiger partial charge >= 0.3 is 0 Å². The molecule has 90 valence electrons. The van der Waals surface area contributed by atoms with Crippen LogP contribution in [0.2, 0.25) is 0 Å². The summed E-state index contributed by atoms with van der Waals surface area (Å²) in [5.41, 5.74) is 0.556. The van der Waals surface area contributed by atoms with Crippen molar-refractivity contribution in [3.8, 4) is 0 Å². The zero-order chi connectivity index (χ0) is 12.1. The van der Waals surface area contributed by atoms with Gasteiger partial charge in [-0.3, -0.25) is 0 Å². The number of nitrogens with zero attached hydrogens (tertiary/aromatic N) is 2. The van der Waals surface area contributed by atoms with Gasteiger partial charge < -0.3 is 4.42 Å². The number of benzene rings is 1. The van der Waals surface area contributed by atoms with Crippen LogP contribution in [-0.2, 0) is 12.8 Å². The van der Waals surface area contributed by atoms with E-state index in [2.05, 4.69) is 10.2 Å². The predicted octanol–water partition coefficient (Wildman–Crippen LogP) is 2.97. The molecule has 0 bridgehead atoms. The SMILES string of the molecule is Fc1ccccc1Cc1nnc(CCCCl)o1. The van der Waals surface area contributed by atoms with Crippen LogP contribution in [0.5, 0.6) is 0 Å². The molecule has 2 rings (SSSR count). The monoisotopic (exact) mass is 254 g/mol. The first-order chi connectivity index (χ1) is 8.29. The van der Waals surface area contributed by atoms with Crippen molar-refractivity contribution >= 4 is 11.6 Å². The van der Waals surface area contributed by atoms with Crippen LogP contribution < -0.4 is 0 Å². The smallest absolute Gasteiger partial charge is 0.221 e. The van der Waals surface area contributed by atoms with Crippen LogP contribution in [0, 0.1) is 5.82 Å². The van der Waals surface area contributed by atoms with Gasteiger partial charge in [0, 0.05) is 12.3 Å². The molecule has 17 heavy (non-hydrogen) atoms. The minimum atomic E-state index is -0.256. The molecule has 0 radical (unpaired) electrons. The van der Waals surface area contributed by atoms with Gasteiger partial charge in [-0.1, -0.05) is 18.2 Å². The van der Waals surface area contributed by atoms with Crippen molar-refractivity contribution in [1.82, 2.24) is 10.2 Å². The van der Waals surface area contributed by atoms with E-state index in [0.29, 0.717) is 36.1 Å². The second kappa shape index (κ2) is 5.77. The summed E-state index contributed by atoms with van der Waals surface area (Å²) in [6.45, 7) is 0.